The highest BCUT2D eigenvalue weighted by molar-refractivity contribution is 6.28. The van der Waals surface area contributed by atoms with Gasteiger partial charge in [0.2, 0.25) is 5.28 Å². The van der Waals surface area contributed by atoms with Crippen LogP contribution in [0.2, 0.25) is 5.28 Å². The molecule has 0 saturated heterocycles. The molecule has 0 radical (unpaired) electrons. The summed E-state index contributed by atoms with van der Waals surface area (Å²) in [5.41, 5.74) is 2.72. The summed E-state index contributed by atoms with van der Waals surface area (Å²) in [6.07, 6.45) is 1.72. The molecule has 0 bridgehead atoms. The van der Waals surface area contributed by atoms with E-state index in [0.29, 0.717) is 24.6 Å². The Labute approximate surface area is 154 Å². The molecule has 4 aromatic rings. The lowest BCUT2D eigenvalue weighted by molar-refractivity contribution is 0.627. The van der Waals surface area contributed by atoms with Crippen molar-refractivity contribution in [3.63, 3.8) is 0 Å². The number of nitrogens with zero attached hydrogens (tertiary/aromatic N) is 4. The minimum absolute atomic E-state index is 0.147. The number of aromatic nitrogens is 4. The van der Waals surface area contributed by atoms with E-state index in [2.05, 4.69) is 20.4 Å². The van der Waals surface area contributed by atoms with Gasteiger partial charge in [0, 0.05) is 6.54 Å². The van der Waals surface area contributed by atoms with Crippen LogP contribution in [0.25, 0.3) is 11.0 Å². The number of hydrogen-bond donors (Lipinski definition) is 1. The Morgan fingerprint density at radius 1 is 0.962 bits per heavy atom. The molecule has 0 amide bonds. The Morgan fingerprint density at radius 3 is 2.50 bits per heavy atom. The highest BCUT2D eigenvalue weighted by Crippen LogP contribution is 2.23. The fourth-order valence-electron chi connectivity index (χ4n) is 2.72. The number of hydrogen-bond acceptors (Lipinski definition) is 4. The minimum atomic E-state index is -0.261. The van der Waals surface area contributed by atoms with E-state index in [1.54, 1.807) is 23.0 Å². The molecule has 2 aromatic carbocycles. The van der Waals surface area contributed by atoms with Crippen molar-refractivity contribution >= 4 is 28.5 Å². The molecule has 0 aliphatic rings. The van der Waals surface area contributed by atoms with Gasteiger partial charge < -0.3 is 5.32 Å². The van der Waals surface area contributed by atoms with Crippen LogP contribution in [-0.4, -0.2) is 19.7 Å². The summed E-state index contributed by atoms with van der Waals surface area (Å²) in [7, 11) is 0. The van der Waals surface area contributed by atoms with E-state index in [1.807, 2.05) is 30.3 Å². The van der Waals surface area contributed by atoms with Crippen LogP contribution < -0.4 is 5.32 Å². The number of halogens is 2. The first-order chi connectivity index (χ1) is 12.7. The van der Waals surface area contributed by atoms with Crippen LogP contribution in [0.1, 0.15) is 11.1 Å². The first-order valence-corrected chi connectivity index (χ1v) is 8.48. The Kier molecular flexibility index (Phi) is 4.50. The van der Waals surface area contributed by atoms with Gasteiger partial charge in [0.15, 0.2) is 5.65 Å². The molecular formula is C19H15ClFN5. The van der Waals surface area contributed by atoms with Crippen LogP contribution in [0.4, 0.5) is 10.2 Å². The van der Waals surface area contributed by atoms with E-state index < -0.39 is 0 Å². The zero-order valence-corrected chi connectivity index (χ0v) is 14.5. The second-order valence-electron chi connectivity index (χ2n) is 5.85. The van der Waals surface area contributed by atoms with Crippen LogP contribution in [-0.2, 0) is 13.1 Å². The van der Waals surface area contributed by atoms with Gasteiger partial charge >= 0.3 is 0 Å². The number of rotatable bonds is 5. The van der Waals surface area contributed by atoms with Crippen LogP contribution in [0.15, 0.2) is 60.8 Å². The van der Waals surface area contributed by atoms with Gasteiger partial charge in [0.05, 0.1) is 18.1 Å². The average Bonchev–Trinajstić information content (AvgIpc) is 3.04. The Bertz CT molecular complexity index is 1030. The lowest BCUT2D eigenvalue weighted by Gasteiger charge is -2.08. The maximum absolute atomic E-state index is 13.0. The average molecular weight is 368 g/mol. The van der Waals surface area contributed by atoms with E-state index in [0.717, 1.165) is 16.5 Å². The molecule has 0 aliphatic carbocycles. The molecule has 130 valence electrons. The number of anilines is 1. The molecule has 7 heteroatoms. The quantitative estimate of drug-likeness (QED) is 0.535. The third-order valence-corrected chi connectivity index (χ3v) is 4.19. The van der Waals surface area contributed by atoms with Gasteiger partial charge in [-0.25, -0.2) is 9.07 Å². The van der Waals surface area contributed by atoms with Gasteiger partial charge in [0.25, 0.3) is 0 Å². The summed E-state index contributed by atoms with van der Waals surface area (Å²) in [5.74, 6) is 0.340. The maximum atomic E-state index is 13.0. The molecule has 0 aliphatic heterocycles. The Balaban J connectivity index is 1.62. The molecule has 0 spiro atoms. The van der Waals surface area contributed by atoms with Crippen molar-refractivity contribution in [2.24, 2.45) is 0 Å². The van der Waals surface area contributed by atoms with E-state index in [4.69, 9.17) is 11.6 Å². The predicted octanol–water partition coefficient (Wildman–Crippen LogP) is 4.28. The van der Waals surface area contributed by atoms with E-state index >= 15 is 0 Å². The molecular weight excluding hydrogens is 353 g/mol. The van der Waals surface area contributed by atoms with Crippen LogP contribution in [0.5, 0.6) is 0 Å². The van der Waals surface area contributed by atoms with Gasteiger partial charge in [-0.2, -0.15) is 15.1 Å². The summed E-state index contributed by atoms with van der Waals surface area (Å²) in [4.78, 5) is 8.59. The topological polar surface area (TPSA) is 55.6 Å². The van der Waals surface area contributed by atoms with Crippen molar-refractivity contribution in [2.75, 3.05) is 5.32 Å². The van der Waals surface area contributed by atoms with E-state index in [-0.39, 0.29) is 11.1 Å². The molecule has 26 heavy (non-hydrogen) atoms. The number of benzene rings is 2. The normalized spacial score (nSPS) is 11.0. The lowest BCUT2D eigenvalue weighted by Crippen LogP contribution is -2.05. The van der Waals surface area contributed by atoms with E-state index in [9.17, 15) is 4.39 Å². The number of nitrogens with one attached hydrogen (secondary N) is 1. The van der Waals surface area contributed by atoms with Gasteiger partial charge in [-0.15, -0.1) is 0 Å². The predicted molar refractivity (Wildman–Crippen MR) is 99.6 cm³/mol. The third kappa shape index (κ3) is 3.50. The second kappa shape index (κ2) is 7.09. The molecule has 2 aromatic heterocycles. The van der Waals surface area contributed by atoms with Crippen molar-refractivity contribution in [1.29, 1.82) is 0 Å². The summed E-state index contributed by atoms with van der Waals surface area (Å²) in [5, 5.41) is 8.59. The zero-order valence-electron chi connectivity index (χ0n) is 13.7. The van der Waals surface area contributed by atoms with Crippen molar-refractivity contribution in [3.8, 4) is 0 Å². The molecule has 0 fully saturated rings. The molecule has 0 saturated carbocycles. The summed E-state index contributed by atoms with van der Waals surface area (Å²) in [6, 6.07) is 16.3. The molecule has 4 rings (SSSR count). The molecule has 0 unspecified atom stereocenters. The number of fused-ring (bicyclic) bond motifs is 1. The van der Waals surface area contributed by atoms with Crippen molar-refractivity contribution in [3.05, 3.63) is 83.0 Å². The van der Waals surface area contributed by atoms with E-state index in [1.165, 1.54) is 12.1 Å². The summed E-state index contributed by atoms with van der Waals surface area (Å²) in [6.45, 7) is 1.08. The van der Waals surface area contributed by atoms with Crippen molar-refractivity contribution < 1.29 is 4.39 Å². The van der Waals surface area contributed by atoms with Gasteiger partial charge in [-0.3, -0.25) is 0 Å². The SMILES string of the molecule is Fc1ccc(CNc2nc(Cl)nc3c2cnn3Cc2ccccc2)cc1. The largest absolute Gasteiger partial charge is 0.365 e. The highest BCUT2D eigenvalue weighted by atomic mass is 35.5. The first kappa shape index (κ1) is 16.5. The van der Waals surface area contributed by atoms with Gasteiger partial charge in [0.1, 0.15) is 11.6 Å². The summed E-state index contributed by atoms with van der Waals surface area (Å²) < 4.78 is 14.8. The summed E-state index contributed by atoms with van der Waals surface area (Å²) >= 11 is 6.11. The molecule has 2 heterocycles. The van der Waals surface area contributed by atoms with Crippen LogP contribution in [0, 0.1) is 5.82 Å². The minimum Gasteiger partial charge on any atom is -0.365 e. The van der Waals surface area contributed by atoms with Crippen molar-refractivity contribution in [1.82, 2.24) is 19.7 Å². The standard InChI is InChI=1S/C19H15ClFN5/c20-19-24-17(22-10-13-6-8-15(21)9-7-13)16-11-23-26(18(16)25-19)12-14-4-2-1-3-5-14/h1-9,11H,10,12H2,(H,22,24,25). The Morgan fingerprint density at radius 2 is 1.73 bits per heavy atom. The van der Waals surface area contributed by atoms with Gasteiger partial charge in [-0.1, -0.05) is 42.5 Å². The maximum Gasteiger partial charge on any atom is 0.226 e. The lowest BCUT2D eigenvalue weighted by atomic mass is 10.2. The van der Waals surface area contributed by atoms with Crippen molar-refractivity contribution in [2.45, 2.75) is 13.1 Å². The monoisotopic (exact) mass is 367 g/mol. The molecule has 0 atom stereocenters. The van der Waals surface area contributed by atoms with Gasteiger partial charge in [-0.05, 0) is 34.9 Å². The molecule has 5 nitrogen and oxygen atoms in total. The first-order valence-electron chi connectivity index (χ1n) is 8.10. The van der Waals surface area contributed by atoms with Crippen LogP contribution in [0.3, 0.4) is 0 Å². The fourth-order valence-corrected chi connectivity index (χ4v) is 2.89. The Hall–Kier alpha value is -2.99. The third-order valence-electron chi connectivity index (χ3n) is 4.02. The smallest absolute Gasteiger partial charge is 0.226 e. The fraction of sp³-hybridized carbons (Fsp3) is 0.105. The second-order valence-corrected chi connectivity index (χ2v) is 6.18. The zero-order chi connectivity index (χ0) is 17.9. The molecule has 1 N–H and O–H groups in total. The highest BCUT2D eigenvalue weighted by Gasteiger charge is 2.12. The van der Waals surface area contributed by atoms with Crippen LogP contribution >= 0.6 is 11.6 Å².